The van der Waals surface area contributed by atoms with E-state index in [1.54, 1.807) is 29.3 Å². The molecule has 1 unspecified atom stereocenters. The topological polar surface area (TPSA) is 105 Å². The van der Waals surface area contributed by atoms with E-state index in [1.807, 2.05) is 49.4 Å². The summed E-state index contributed by atoms with van der Waals surface area (Å²) in [5.41, 5.74) is 3.42. The number of amides is 2. The predicted molar refractivity (Wildman–Crippen MR) is 110 cm³/mol. The molecule has 1 aromatic carbocycles. The van der Waals surface area contributed by atoms with E-state index in [2.05, 4.69) is 25.7 Å². The average Bonchev–Trinajstić information content (AvgIpc) is 3.16. The quantitative estimate of drug-likeness (QED) is 0.487. The Kier molecular flexibility index (Phi) is 5.17. The molecule has 0 bridgehead atoms. The number of carbonyl (C=O) groups is 1. The first-order chi connectivity index (χ1) is 14.1. The molecule has 3 heterocycles. The van der Waals surface area contributed by atoms with Gasteiger partial charge in [-0.05, 0) is 30.7 Å². The third-order valence-electron chi connectivity index (χ3n) is 4.51. The van der Waals surface area contributed by atoms with Gasteiger partial charge in [0.15, 0.2) is 0 Å². The second kappa shape index (κ2) is 8.07. The molecule has 1 atom stereocenters. The Balaban J connectivity index is 1.51. The molecule has 8 nitrogen and oxygen atoms in total. The van der Waals surface area contributed by atoms with E-state index in [-0.39, 0.29) is 6.61 Å². The number of hydrogen-bond donors (Lipinski definition) is 3. The fourth-order valence-electron chi connectivity index (χ4n) is 3.09. The highest BCUT2D eigenvalue weighted by Gasteiger charge is 2.14. The molecule has 3 N–H and O–H groups in total. The van der Waals surface area contributed by atoms with Crippen LogP contribution in [0, 0.1) is 6.92 Å². The fourth-order valence-corrected chi connectivity index (χ4v) is 3.09. The van der Waals surface area contributed by atoms with Crippen molar-refractivity contribution in [2.75, 3.05) is 11.9 Å². The lowest BCUT2D eigenvalue weighted by Gasteiger charge is -2.17. The predicted octanol–water partition coefficient (Wildman–Crippen LogP) is 2.98. The number of fused-ring (bicyclic) bond motifs is 1. The van der Waals surface area contributed by atoms with Crippen molar-refractivity contribution in [2.24, 2.45) is 0 Å². The summed E-state index contributed by atoms with van der Waals surface area (Å²) in [6.45, 7) is 1.71. The molecule has 0 aliphatic heterocycles. The van der Waals surface area contributed by atoms with Gasteiger partial charge in [-0.25, -0.2) is 14.5 Å². The number of aliphatic hydroxyl groups excluding tert-OH is 1. The second-order valence-corrected chi connectivity index (χ2v) is 6.58. The molecule has 146 valence electrons. The average molecular weight is 388 g/mol. The molecule has 0 saturated carbocycles. The van der Waals surface area contributed by atoms with Gasteiger partial charge in [0.2, 0.25) is 0 Å². The first-order valence-corrected chi connectivity index (χ1v) is 9.14. The zero-order valence-corrected chi connectivity index (χ0v) is 15.8. The number of anilines is 1. The summed E-state index contributed by atoms with van der Waals surface area (Å²) in [5.74, 6) is 0.394. The van der Waals surface area contributed by atoms with Crippen LogP contribution in [0.3, 0.4) is 0 Å². The Hall–Kier alpha value is -3.78. The zero-order valence-electron chi connectivity index (χ0n) is 15.8. The highest BCUT2D eigenvalue weighted by atomic mass is 16.3. The molecule has 0 radical (unpaired) electrons. The van der Waals surface area contributed by atoms with Gasteiger partial charge < -0.3 is 10.4 Å². The van der Waals surface area contributed by atoms with Gasteiger partial charge >= 0.3 is 6.03 Å². The zero-order chi connectivity index (χ0) is 20.2. The van der Waals surface area contributed by atoms with Crippen molar-refractivity contribution < 1.29 is 9.90 Å². The van der Waals surface area contributed by atoms with Crippen molar-refractivity contribution in [3.8, 4) is 5.69 Å². The summed E-state index contributed by atoms with van der Waals surface area (Å²) in [6, 6.07) is 13.9. The smallest absolute Gasteiger partial charge is 0.320 e. The van der Waals surface area contributed by atoms with Crippen LogP contribution in [0.15, 0.2) is 67.1 Å². The van der Waals surface area contributed by atoms with E-state index >= 15 is 0 Å². The standard InChI is InChI=1S/C21H20N6O2/c1-14-9-17(7-8-22-14)27-19-12-23-20(10-16(19)11-24-27)26-21(29)25-18(13-28)15-5-3-2-4-6-15/h2-12,18,28H,13H2,1H3,(H2,23,25,26,29). The summed E-state index contributed by atoms with van der Waals surface area (Å²) in [5, 5.41) is 20.3. The van der Waals surface area contributed by atoms with Gasteiger partial charge in [-0.3, -0.25) is 10.3 Å². The fraction of sp³-hybridized carbons (Fsp3) is 0.143. The second-order valence-electron chi connectivity index (χ2n) is 6.58. The minimum atomic E-state index is -0.502. The molecule has 0 fully saturated rings. The third kappa shape index (κ3) is 4.07. The van der Waals surface area contributed by atoms with Crippen molar-refractivity contribution >= 4 is 22.8 Å². The van der Waals surface area contributed by atoms with Gasteiger partial charge in [-0.1, -0.05) is 30.3 Å². The van der Waals surface area contributed by atoms with Crippen LogP contribution in [0.1, 0.15) is 17.3 Å². The molecule has 29 heavy (non-hydrogen) atoms. The monoisotopic (exact) mass is 388 g/mol. The van der Waals surface area contributed by atoms with Crippen LogP contribution in [0.25, 0.3) is 16.6 Å². The summed E-state index contributed by atoms with van der Waals surface area (Å²) in [4.78, 5) is 20.9. The van der Waals surface area contributed by atoms with Crippen LogP contribution in [0.5, 0.6) is 0 Å². The number of nitrogens with one attached hydrogen (secondary N) is 2. The number of aliphatic hydroxyl groups is 1. The van der Waals surface area contributed by atoms with Crippen molar-refractivity contribution in [3.63, 3.8) is 0 Å². The summed E-state index contributed by atoms with van der Waals surface area (Å²) >= 11 is 0. The van der Waals surface area contributed by atoms with E-state index < -0.39 is 12.1 Å². The first kappa shape index (κ1) is 18.6. The number of aryl methyl sites for hydroxylation is 1. The molecule has 2 amide bonds. The van der Waals surface area contributed by atoms with Gasteiger partial charge in [0.1, 0.15) is 5.82 Å². The summed E-state index contributed by atoms with van der Waals surface area (Å²) in [6.07, 6.45) is 5.11. The van der Waals surface area contributed by atoms with E-state index in [4.69, 9.17) is 0 Å². The minimum absolute atomic E-state index is 0.206. The number of pyridine rings is 2. The minimum Gasteiger partial charge on any atom is -0.394 e. The van der Waals surface area contributed by atoms with Crippen molar-refractivity contribution in [1.29, 1.82) is 0 Å². The Morgan fingerprint density at radius 3 is 2.72 bits per heavy atom. The van der Waals surface area contributed by atoms with E-state index in [1.165, 1.54) is 0 Å². The van der Waals surface area contributed by atoms with Gasteiger partial charge in [0.25, 0.3) is 0 Å². The van der Waals surface area contributed by atoms with Crippen molar-refractivity contribution in [3.05, 3.63) is 78.4 Å². The van der Waals surface area contributed by atoms with Crippen LogP contribution < -0.4 is 10.6 Å². The molecule has 0 spiro atoms. The molecule has 0 saturated heterocycles. The number of hydrogen-bond acceptors (Lipinski definition) is 5. The lowest BCUT2D eigenvalue weighted by Crippen LogP contribution is -2.34. The van der Waals surface area contributed by atoms with Gasteiger partial charge in [0, 0.05) is 17.3 Å². The molecule has 8 heteroatoms. The van der Waals surface area contributed by atoms with E-state index in [0.717, 1.165) is 27.8 Å². The Labute approximate surface area is 167 Å². The Morgan fingerprint density at radius 1 is 1.14 bits per heavy atom. The van der Waals surface area contributed by atoms with Crippen molar-refractivity contribution in [1.82, 2.24) is 25.1 Å². The third-order valence-corrected chi connectivity index (χ3v) is 4.51. The highest BCUT2D eigenvalue weighted by molar-refractivity contribution is 5.91. The van der Waals surface area contributed by atoms with Crippen LogP contribution in [-0.4, -0.2) is 37.5 Å². The molecule has 0 aliphatic rings. The maximum Gasteiger partial charge on any atom is 0.320 e. The normalized spacial score (nSPS) is 11.9. The Bertz CT molecular complexity index is 1140. The lowest BCUT2D eigenvalue weighted by molar-refractivity contribution is 0.225. The van der Waals surface area contributed by atoms with E-state index in [0.29, 0.717) is 5.82 Å². The molecule has 4 rings (SSSR count). The Morgan fingerprint density at radius 2 is 1.97 bits per heavy atom. The maximum absolute atomic E-state index is 12.4. The number of nitrogens with zero attached hydrogens (tertiary/aromatic N) is 4. The number of urea groups is 1. The van der Waals surface area contributed by atoms with E-state index in [9.17, 15) is 9.90 Å². The number of carbonyl (C=O) groups excluding carboxylic acids is 1. The van der Waals surface area contributed by atoms with Crippen molar-refractivity contribution in [2.45, 2.75) is 13.0 Å². The van der Waals surface area contributed by atoms with Crippen LogP contribution in [-0.2, 0) is 0 Å². The summed E-state index contributed by atoms with van der Waals surface area (Å²) in [7, 11) is 0. The molecule has 0 aliphatic carbocycles. The first-order valence-electron chi connectivity index (χ1n) is 9.14. The highest BCUT2D eigenvalue weighted by Crippen LogP contribution is 2.20. The SMILES string of the molecule is Cc1cc(-n2ncc3cc(NC(=O)NC(CO)c4ccccc4)ncc32)ccn1. The number of rotatable bonds is 5. The van der Waals surface area contributed by atoms with Crippen LogP contribution in [0.4, 0.5) is 10.6 Å². The molecule has 4 aromatic rings. The number of benzene rings is 1. The van der Waals surface area contributed by atoms with Gasteiger partial charge in [0.05, 0.1) is 36.2 Å². The lowest BCUT2D eigenvalue weighted by atomic mass is 10.1. The van der Waals surface area contributed by atoms with Crippen LogP contribution >= 0.6 is 0 Å². The number of aromatic nitrogens is 4. The molecular weight excluding hydrogens is 368 g/mol. The van der Waals surface area contributed by atoms with Crippen LogP contribution in [0.2, 0.25) is 0 Å². The van der Waals surface area contributed by atoms with Gasteiger partial charge in [-0.15, -0.1) is 0 Å². The summed E-state index contributed by atoms with van der Waals surface area (Å²) < 4.78 is 1.78. The molecular formula is C21H20N6O2. The molecule has 3 aromatic heterocycles. The van der Waals surface area contributed by atoms with Gasteiger partial charge in [-0.2, -0.15) is 5.10 Å². The largest absolute Gasteiger partial charge is 0.394 e. The maximum atomic E-state index is 12.4.